The summed E-state index contributed by atoms with van der Waals surface area (Å²) in [6.45, 7) is 2.02. The molecular weight excluding hydrogens is 380 g/mol. The summed E-state index contributed by atoms with van der Waals surface area (Å²) in [5.74, 6) is 0. The molecule has 0 spiro atoms. The van der Waals surface area contributed by atoms with Crippen LogP contribution < -0.4 is 0 Å². The highest BCUT2D eigenvalue weighted by atomic mass is 16.6. The number of nitro groups is 2. The molecule has 9 heteroatoms. The van der Waals surface area contributed by atoms with Gasteiger partial charge in [-0.15, -0.1) is 0 Å². The fourth-order valence-corrected chi connectivity index (χ4v) is 2.91. The van der Waals surface area contributed by atoms with E-state index in [9.17, 15) is 35.2 Å². The van der Waals surface area contributed by atoms with Gasteiger partial charge in [-0.1, -0.05) is 50.5 Å². The Hall–Kier alpha value is -2.13. The van der Waals surface area contributed by atoms with E-state index in [2.05, 4.69) is 0 Å². The highest BCUT2D eigenvalue weighted by molar-refractivity contribution is 5.48. The van der Waals surface area contributed by atoms with Gasteiger partial charge in [0.2, 0.25) is 12.1 Å². The van der Waals surface area contributed by atoms with Crippen LogP contribution in [0.5, 0.6) is 0 Å². The van der Waals surface area contributed by atoms with E-state index in [1.165, 1.54) is 0 Å². The Morgan fingerprint density at radius 1 is 0.828 bits per heavy atom. The van der Waals surface area contributed by atoms with E-state index in [4.69, 9.17) is 0 Å². The van der Waals surface area contributed by atoms with Gasteiger partial charge in [0.05, 0.1) is 0 Å². The van der Waals surface area contributed by atoms with E-state index < -0.39 is 34.1 Å². The Morgan fingerprint density at radius 2 is 1.31 bits per heavy atom. The lowest BCUT2D eigenvalue weighted by Crippen LogP contribution is -2.33. The first kappa shape index (κ1) is 26.9. The van der Waals surface area contributed by atoms with Gasteiger partial charge >= 0.3 is 0 Å². The molecule has 0 aliphatic rings. The zero-order valence-corrected chi connectivity index (χ0v) is 17.1. The van der Waals surface area contributed by atoms with Gasteiger partial charge in [0, 0.05) is 29.1 Å². The molecule has 0 saturated carbocycles. The van der Waals surface area contributed by atoms with Gasteiger partial charge in [0.15, 0.2) is 0 Å². The standard InChI is InChI=1S/C20H34N2O7/c1-2-3-7-14-19(24)17(21(26)27)12-8-5-4-6-9-13-18(22(28)29)20(25)15-10-11-16-23/h5-6,8-9,16-20,24-25H,2-4,7,10-15H2,1H3/b8-5-,9-6-. The number of carbonyl (C=O) groups is 1. The van der Waals surface area contributed by atoms with Crippen molar-refractivity contribution in [2.45, 2.75) is 95.4 Å². The maximum atomic E-state index is 11.1. The van der Waals surface area contributed by atoms with Gasteiger partial charge in [0.1, 0.15) is 18.5 Å². The Kier molecular flexibility index (Phi) is 15.6. The predicted molar refractivity (Wildman–Crippen MR) is 110 cm³/mol. The maximum Gasteiger partial charge on any atom is 0.241 e. The Labute approximate surface area is 171 Å². The van der Waals surface area contributed by atoms with Crippen molar-refractivity contribution in [2.75, 3.05) is 0 Å². The number of carbonyl (C=O) groups excluding carboxylic acids is 1. The number of allylic oxidation sites excluding steroid dienone is 2. The summed E-state index contributed by atoms with van der Waals surface area (Å²) in [5, 5.41) is 42.1. The molecule has 0 heterocycles. The number of aliphatic hydroxyl groups excluding tert-OH is 2. The highest BCUT2D eigenvalue weighted by Gasteiger charge is 2.28. The van der Waals surface area contributed by atoms with Crippen LogP contribution in [-0.2, 0) is 4.79 Å². The lowest BCUT2D eigenvalue weighted by molar-refractivity contribution is -0.533. The van der Waals surface area contributed by atoms with Gasteiger partial charge in [-0.3, -0.25) is 20.2 Å². The fourth-order valence-electron chi connectivity index (χ4n) is 2.91. The first-order valence-corrected chi connectivity index (χ1v) is 10.2. The molecule has 0 bridgehead atoms. The summed E-state index contributed by atoms with van der Waals surface area (Å²) in [6.07, 6.45) is 9.87. The molecule has 0 aliphatic heterocycles. The summed E-state index contributed by atoms with van der Waals surface area (Å²) >= 11 is 0. The predicted octanol–water partition coefficient (Wildman–Crippen LogP) is 3.23. The van der Waals surface area contributed by atoms with Crippen LogP contribution in [0.15, 0.2) is 24.3 Å². The topological polar surface area (TPSA) is 144 Å². The molecule has 0 amide bonds. The normalized spacial score (nSPS) is 16.0. The summed E-state index contributed by atoms with van der Waals surface area (Å²) in [6, 6.07) is -2.16. The van der Waals surface area contributed by atoms with Gasteiger partial charge < -0.3 is 15.0 Å². The Balaban J connectivity index is 4.39. The molecular formula is C20H34N2O7. The largest absolute Gasteiger partial charge is 0.386 e. The van der Waals surface area contributed by atoms with Gasteiger partial charge in [-0.2, -0.15) is 0 Å². The molecule has 0 aromatic heterocycles. The van der Waals surface area contributed by atoms with Gasteiger partial charge in [-0.05, 0) is 25.7 Å². The zero-order chi connectivity index (χ0) is 22.1. The van der Waals surface area contributed by atoms with Crippen LogP contribution >= 0.6 is 0 Å². The fraction of sp³-hybridized carbons (Fsp3) is 0.750. The second kappa shape index (κ2) is 16.8. The number of aliphatic hydroxyl groups is 2. The van der Waals surface area contributed by atoms with Crippen molar-refractivity contribution in [1.29, 1.82) is 0 Å². The molecule has 0 fully saturated rings. The minimum atomic E-state index is -1.13. The third-order valence-electron chi connectivity index (χ3n) is 4.72. The molecule has 2 N–H and O–H groups in total. The molecule has 4 unspecified atom stereocenters. The quantitative estimate of drug-likeness (QED) is 0.115. The second-order valence-corrected chi connectivity index (χ2v) is 7.08. The maximum absolute atomic E-state index is 11.1. The Morgan fingerprint density at radius 3 is 1.72 bits per heavy atom. The van der Waals surface area contributed by atoms with E-state index in [-0.39, 0.29) is 25.7 Å². The van der Waals surface area contributed by atoms with E-state index >= 15 is 0 Å². The van der Waals surface area contributed by atoms with Crippen molar-refractivity contribution in [1.82, 2.24) is 0 Å². The third kappa shape index (κ3) is 12.8. The van der Waals surface area contributed by atoms with Crippen molar-refractivity contribution in [3.05, 3.63) is 44.5 Å². The van der Waals surface area contributed by atoms with Crippen LogP contribution in [0.3, 0.4) is 0 Å². The molecule has 0 aromatic rings. The second-order valence-electron chi connectivity index (χ2n) is 7.08. The van der Waals surface area contributed by atoms with E-state index in [1.54, 1.807) is 24.3 Å². The minimum absolute atomic E-state index is 0.0662. The molecule has 0 rings (SSSR count). The summed E-state index contributed by atoms with van der Waals surface area (Å²) in [5.41, 5.74) is 0. The summed E-state index contributed by atoms with van der Waals surface area (Å²) < 4.78 is 0. The van der Waals surface area contributed by atoms with Crippen LogP contribution in [-0.4, -0.2) is 50.6 Å². The number of hydrogen-bond acceptors (Lipinski definition) is 7. The molecule has 0 aromatic carbocycles. The molecule has 4 atom stereocenters. The number of aldehydes is 1. The number of nitrogens with zero attached hydrogens (tertiary/aromatic N) is 2. The van der Waals surface area contributed by atoms with Gasteiger partial charge in [-0.25, -0.2) is 0 Å². The van der Waals surface area contributed by atoms with E-state index in [0.29, 0.717) is 25.5 Å². The first-order chi connectivity index (χ1) is 13.8. The summed E-state index contributed by atoms with van der Waals surface area (Å²) in [7, 11) is 0. The molecule has 0 saturated heterocycles. The summed E-state index contributed by atoms with van der Waals surface area (Å²) in [4.78, 5) is 31.5. The molecule has 0 radical (unpaired) electrons. The molecule has 29 heavy (non-hydrogen) atoms. The van der Waals surface area contributed by atoms with Crippen LogP contribution in [0.4, 0.5) is 0 Å². The average Bonchev–Trinajstić information content (AvgIpc) is 2.66. The van der Waals surface area contributed by atoms with Crippen molar-refractivity contribution >= 4 is 6.29 Å². The lowest BCUT2D eigenvalue weighted by Gasteiger charge is -2.14. The third-order valence-corrected chi connectivity index (χ3v) is 4.72. The van der Waals surface area contributed by atoms with Crippen LogP contribution in [0.1, 0.15) is 71.1 Å². The minimum Gasteiger partial charge on any atom is -0.386 e. The zero-order valence-electron chi connectivity index (χ0n) is 17.1. The van der Waals surface area contributed by atoms with E-state index in [0.717, 1.165) is 19.3 Å². The smallest absolute Gasteiger partial charge is 0.241 e. The van der Waals surface area contributed by atoms with Crippen molar-refractivity contribution in [2.24, 2.45) is 0 Å². The van der Waals surface area contributed by atoms with Crippen LogP contribution in [0, 0.1) is 20.2 Å². The van der Waals surface area contributed by atoms with Crippen LogP contribution in [0.25, 0.3) is 0 Å². The van der Waals surface area contributed by atoms with Gasteiger partial charge in [0.25, 0.3) is 0 Å². The van der Waals surface area contributed by atoms with Crippen molar-refractivity contribution in [3.8, 4) is 0 Å². The first-order valence-electron chi connectivity index (χ1n) is 10.2. The number of rotatable bonds is 18. The lowest BCUT2D eigenvalue weighted by atomic mass is 10.0. The van der Waals surface area contributed by atoms with Crippen molar-refractivity contribution < 1.29 is 24.9 Å². The van der Waals surface area contributed by atoms with Crippen LogP contribution in [0.2, 0.25) is 0 Å². The molecule has 9 nitrogen and oxygen atoms in total. The average molecular weight is 414 g/mol. The SMILES string of the molecule is CCCCCC(O)C(C/C=C\C/C=C\CC(C(O)CCCC=O)[N+](=O)[O-])[N+](=O)[O-]. The monoisotopic (exact) mass is 414 g/mol. The number of hydrogen-bond donors (Lipinski definition) is 2. The number of unbranched alkanes of at least 4 members (excludes halogenated alkanes) is 3. The Bertz CT molecular complexity index is 537. The molecule has 0 aliphatic carbocycles. The van der Waals surface area contributed by atoms with E-state index in [1.807, 2.05) is 6.92 Å². The van der Waals surface area contributed by atoms with Crippen molar-refractivity contribution in [3.63, 3.8) is 0 Å². The highest BCUT2D eigenvalue weighted by Crippen LogP contribution is 2.14. The molecule has 166 valence electrons.